The topological polar surface area (TPSA) is 92.8 Å². The van der Waals surface area contributed by atoms with E-state index < -0.39 is 5.97 Å². The van der Waals surface area contributed by atoms with Crippen LogP contribution in [-0.4, -0.2) is 47.8 Å². The number of carbonyl (C=O) groups excluding carboxylic acids is 4. The zero-order chi connectivity index (χ0) is 19.4. The van der Waals surface area contributed by atoms with Gasteiger partial charge in [0.2, 0.25) is 11.8 Å². The Morgan fingerprint density at radius 3 is 2.22 bits per heavy atom. The first-order chi connectivity index (χ1) is 13.0. The molecule has 2 aliphatic carbocycles. The Hall–Kier alpha value is -1.92. The van der Waals surface area contributed by atoms with Crippen LogP contribution in [0.2, 0.25) is 0 Å². The van der Waals surface area contributed by atoms with E-state index in [1.165, 1.54) is 11.3 Å². The van der Waals surface area contributed by atoms with Crippen molar-refractivity contribution < 1.29 is 23.9 Å². The van der Waals surface area contributed by atoms with Crippen LogP contribution in [0.4, 0.5) is 0 Å². The van der Waals surface area contributed by atoms with Gasteiger partial charge in [-0.25, -0.2) is 0 Å². The number of nitrogens with zero attached hydrogens (tertiary/aromatic N) is 1. The summed E-state index contributed by atoms with van der Waals surface area (Å²) in [5, 5.41) is 2.93. The third kappa shape index (κ3) is 4.68. The highest BCUT2D eigenvalue weighted by atomic mass is 16.5. The molecule has 0 aromatic rings. The molecule has 1 saturated heterocycles. The second kappa shape index (κ2) is 8.85. The highest BCUT2D eigenvalue weighted by Gasteiger charge is 2.47. The number of rotatable bonds is 6. The normalized spacial score (nSPS) is 30.8. The van der Waals surface area contributed by atoms with Crippen molar-refractivity contribution in [1.82, 2.24) is 10.2 Å². The van der Waals surface area contributed by atoms with Crippen LogP contribution < -0.4 is 5.32 Å². The molecule has 2 saturated carbocycles. The van der Waals surface area contributed by atoms with E-state index in [-0.39, 0.29) is 55.2 Å². The molecule has 3 aliphatic rings. The van der Waals surface area contributed by atoms with Crippen LogP contribution in [-0.2, 0) is 23.9 Å². The lowest BCUT2D eigenvalue weighted by molar-refractivity contribution is -0.150. The van der Waals surface area contributed by atoms with Gasteiger partial charge in [-0.15, -0.1) is 0 Å². The van der Waals surface area contributed by atoms with Gasteiger partial charge < -0.3 is 10.1 Å². The van der Waals surface area contributed by atoms with E-state index in [4.69, 9.17) is 4.74 Å². The SMILES string of the molecule is C[C@@H]1CCCC[C@@H]1NC(=O)COC(=O)CCN1C(=O)[C@H]2CCCC[C@H]2C1=O. The highest BCUT2D eigenvalue weighted by Crippen LogP contribution is 2.37. The molecule has 0 radical (unpaired) electrons. The maximum absolute atomic E-state index is 12.4. The van der Waals surface area contributed by atoms with Crippen LogP contribution >= 0.6 is 0 Å². The van der Waals surface area contributed by atoms with Gasteiger partial charge in [-0.1, -0.05) is 32.6 Å². The smallest absolute Gasteiger partial charge is 0.308 e. The fourth-order valence-electron chi connectivity index (χ4n) is 4.65. The number of likely N-dealkylation sites (tertiary alicyclic amines) is 1. The zero-order valence-corrected chi connectivity index (χ0v) is 16.1. The van der Waals surface area contributed by atoms with Crippen LogP contribution in [0.15, 0.2) is 0 Å². The molecule has 0 unspecified atom stereocenters. The molecule has 0 aromatic heterocycles. The van der Waals surface area contributed by atoms with Crippen LogP contribution in [0, 0.1) is 17.8 Å². The number of ether oxygens (including phenoxy) is 1. The van der Waals surface area contributed by atoms with E-state index in [1.807, 2.05) is 0 Å². The van der Waals surface area contributed by atoms with Crippen molar-refractivity contribution in [3.8, 4) is 0 Å². The predicted molar refractivity (Wildman–Crippen MR) is 97.3 cm³/mol. The second-order valence-corrected chi connectivity index (χ2v) is 8.17. The Balaban J connectivity index is 1.39. The Morgan fingerprint density at radius 1 is 1.00 bits per heavy atom. The average molecular weight is 378 g/mol. The van der Waals surface area contributed by atoms with E-state index in [0.717, 1.165) is 44.9 Å². The van der Waals surface area contributed by atoms with Crippen molar-refractivity contribution in [2.24, 2.45) is 17.8 Å². The Morgan fingerprint density at radius 2 is 1.59 bits per heavy atom. The van der Waals surface area contributed by atoms with Gasteiger partial charge in [-0.2, -0.15) is 0 Å². The molecule has 4 atom stereocenters. The summed E-state index contributed by atoms with van der Waals surface area (Å²) in [5.74, 6) is -1.12. The zero-order valence-electron chi connectivity index (χ0n) is 16.1. The summed E-state index contributed by atoms with van der Waals surface area (Å²) in [6, 6.07) is 0.146. The first kappa shape index (κ1) is 19.8. The molecular weight excluding hydrogens is 348 g/mol. The number of amides is 3. The minimum Gasteiger partial charge on any atom is -0.456 e. The predicted octanol–water partition coefficient (Wildman–Crippen LogP) is 1.79. The van der Waals surface area contributed by atoms with E-state index in [9.17, 15) is 19.2 Å². The van der Waals surface area contributed by atoms with E-state index in [2.05, 4.69) is 12.2 Å². The van der Waals surface area contributed by atoms with Crippen LogP contribution in [0.5, 0.6) is 0 Å². The van der Waals surface area contributed by atoms with Gasteiger partial charge in [0, 0.05) is 12.6 Å². The summed E-state index contributed by atoms with van der Waals surface area (Å²) < 4.78 is 5.03. The van der Waals surface area contributed by atoms with Crippen molar-refractivity contribution in [3.05, 3.63) is 0 Å². The quantitative estimate of drug-likeness (QED) is 0.562. The van der Waals surface area contributed by atoms with Crippen molar-refractivity contribution in [3.63, 3.8) is 0 Å². The largest absolute Gasteiger partial charge is 0.456 e. The molecule has 3 fully saturated rings. The summed E-state index contributed by atoms with van der Waals surface area (Å²) in [7, 11) is 0. The molecule has 1 heterocycles. The second-order valence-electron chi connectivity index (χ2n) is 8.17. The standard InChI is InChI=1S/C20H30N2O5/c1-13-6-2-5-9-16(13)21-17(23)12-27-18(24)10-11-22-19(25)14-7-3-4-8-15(14)20(22)26/h13-16H,2-12H2,1H3,(H,21,23)/t13-,14-,15+,16+/m1/s1. The van der Waals surface area contributed by atoms with Crippen molar-refractivity contribution in [1.29, 1.82) is 0 Å². The van der Waals surface area contributed by atoms with E-state index in [0.29, 0.717) is 5.92 Å². The summed E-state index contributed by atoms with van der Waals surface area (Å²) in [4.78, 5) is 49.9. The number of hydrogen-bond donors (Lipinski definition) is 1. The van der Waals surface area contributed by atoms with E-state index >= 15 is 0 Å². The summed E-state index contributed by atoms with van der Waals surface area (Å²) >= 11 is 0. The number of nitrogens with one attached hydrogen (secondary N) is 1. The van der Waals surface area contributed by atoms with Crippen LogP contribution in [0.1, 0.15) is 64.7 Å². The molecule has 27 heavy (non-hydrogen) atoms. The number of hydrogen-bond acceptors (Lipinski definition) is 5. The van der Waals surface area contributed by atoms with Gasteiger partial charge in [-0.3, -0.25) is 24.1 Å². The maximum Gasteiger partial charge on any atom is 0.308 e. The first-order valence-corrected chi connectivity index (χ1v) is 10.3. The van der Waals surface area contributed by atoms with Gasteiger partial charge in [-0.05, 0) is 31.6 Å². The van der Waals surface area contributed by atoms with E-state index in [1.54, 1.807) is 0 Å². The van der Waals surface area contributed by atoms with Crippen LogP contribution in [0.25, 0.3) is 0 Å². The molecule has 0 spiro atoms. The van der Waals surface area contributed by atoms with Gasteiger partial charge >= 0.3 is 5.97 Å². The number of carbonyl (C=O) groups is 4. The first-order valence-electron chi connectivity index (χ1n) is 10.3. The third-order valence-corrected chi connectivity index (χ3v) is 6.29. The molecule has 7 heteroatoms. The monoisotopic (exact) mass is 378 g/mol. The summed E-state index contributed by atoms with van der Waals surface area (Å²) in [6.07, 6.45) is 7.77. The number of fused-ring (bicyclic) bond motifs is 1. The van der Waals surface area contributed by atoms with Crippen molar-refractivity contribution in [2.75, 3.05) is 13.2 Å². The molecule has 3 rings (SSSR count). The highest BCUT2D eigenvalue weighted by molar-refractivity contribution is 6.05. The fraction of sp³-hybridized carbons (Fsp3) is 0.800. The Labute approximate surface area is 160 Å². The minimum atomic E-state index is -0.558. The molecule has 7 nitrogen and oxygen atoms in total. The molecule has 150 valence electrons. The minimum absolute atomic E-state index is 0.0464. The number of imide groups is 1. The Bertz CT molecular complexity index is 581. The van der Waals surface area contributed by atoms with Crippen LogP contribution in [0.3, 0.4) is 0 Å². The Kier molecular flexibility index (Phi) is 6.50. The lowest BCUT2D eigenvalue weighted by Gasteiger charge is -2.29. The van der Waals surface area contributed by atoms with Gasteiger partial charge in [0.05, 0.1) is 18.3 Å². The van der Waals surface area contributed by atoms with Gasteiger partial charge in [0.15, 0.2) is 6.61 Å². The summed E-state index contributed by atoms with van der Waals surface area (Å²) in [5.41, 5.74) is 0. The molecule has 3 amide bonds. The molecule has 0 aromatic carbocycles. The van der Waals surface area contributed by atoms with Crippen molar-refractivity contribution >= 4 is 23.7 Å². The molecule has 1 N–H and O–H groups in total. The maximum atomic E-state index is 12.4. The fourth-order valence-corrected chi connectivity index (χ4v) is 4.65. The van der Waals surface area contributed by atoms with Gasteiger partial charge in [0.25, 0.3) is 5.91 Å². The van der Waals surface area contributed by atoms with Gasteiger partial charge in [0.1, 0.15) is 0 Å². The lowest BCUT2D eigenvalue weighted by atomic mass is 9.81. The molecular formula is C20H30N2O5. The average Bonchev–Trinajstić information content (AvgIpc) is 2.91. The summed E-state index contributed by atoms with van der Waals surface area (Å²) in [6.45, 7) is 1.86. The van der Waals surface area contributed by atoms with Crippen molar-refractivity contribution in [2.45, 2.75) is 70.8 Å². The third-order valence-electron chi connectivity index (χ3n) is 6.29. The number of esters is 1. The molecule has 1 aliphatic heterocycles. The lowest BCUT2D eigenvalue weighted by Crippen LogP contribution is -2.43. The molecule has 0 bridgehead atoms.